The summed E-state index contributed by atoms with van der Waals surface area (Å²) in [5.41, 5.74) is 2.22. The normalized spacial score (nSPS) is 58.3. The summed E-state index contributed by atoms with van der Waals surface area (Å²) in [4.78, 5) is 0. The van der Waals surface area contributed by atoms with E-state index in [9.17, 15) is 10.2 Å². The van der Waals surface area contributed by atoms with Crippen LogP contribution in [0, 0.1) is 46.3 Å². The van der Waals surface area contributed by atoms with E-state index >= 15 is 0 Å². The maximum Gasteiger partial charge on any atom is 0.171 e. The summed E-state index contributed by atoms with van der Waals surface area (Å²) in [6.45, 7) is 8.37. The monoisotopic (exact) mass is 430 g/mol. The summed E-state index contributed by atoms with van der Waals surface area (Å²) in [5.74, 6) is 3.18. The maximum absolute atomic E-state index is 10.3. The van der Waals surface area contributed by atoms with Crippen molar-refractivity contribution in [1.82, 2.24) is 0 Å². The highest BCUT2D eigenvalue weighted by Crippen LogP contribution is 2.70. The number of allylic oxidation sites excluding steroid dienone is 1. The molecule has 4 heteroatoms. The molecule has 2 saturated heterocycles. The predicted molar refractivity (Wildman–Crippen MR) is 119 cm³/mol. The van der Waals surface area contributed by atoms with Crippen LogP contribution in [0.4, 0.5) is 0 Å². The zero-order chi connectivity index (χ0) is 21.6. The molecular formula is C27H42O4. The first-order valence-electron chi connectivity index (χ1n) is 13.1. The second kappa shape index (κ2) is 7.04. The summed E-state index contributed by atoms with van der Waals surface area (Å²) in [7, 11) is 0. The van der Waals surface area contributed by atoms with Crippen LogP contribution in [0.25, 0.3) is 0 Å². The van der Waals surface area contributed by atoms with Crippen molar-refractivity contribution in [3.8, 4) is 0 Å². The zero-order valence-corrected chi connectivity index (χ0v) is 19.7. The van der Waals surface area contributed by atoms with E-state index in [2.05, 4.69) is 26.8 Å². The fourth-order valence-electron chi connectivity index (χ4n) is 9.74. The summed E-state index contributed by atoms with van der Waals surface area (Å²) >= 11 is 0. The van der Waals surface area contributed by atoms with Gasteiger partial charge in [-0.15, -0.1) is 0 Å². The Balaban J connectivity index is 1.26. The number of aliphatic hydroxyl groups is 2. The standard InChI is InChI=1S/C27H42O4/c1-16-24-23(31-27(16)11-6-17(14-28)15-30-27)13-22-20-5-4-18-12-19(29)7-9-25(18,2)21(20)8-10-26(22,24)3/h4,16-17,19-24,28-29H,5-15H2,1-3H3/t16-,17+,19-,20+,21-,22-,23-,24-,25-,26-,27+/m0/s1. The molecule has 0 unspecified atom stereocenters. The Morgan fingerprint density at radius 3 is 2.68 bits per heavy atom. The maximum atomic E-state index is 10.3. The van der Waals surface area contributed by atoms with Gasteiger partial charge in [0.1, 0.15) is 0 Å². The lowest BCUT2D eigenvalue weighted by atomic mass is 9.47. The Hall–Kier alpha value is -0.420. The molecule has 0 bridgehead atoms. The van der Waals surface area contributed by atoms with Crippen LogP contribution < -0.4 is 0 Å². The van der Waals surface area contributed by atoms with Gasteiger partial charge in [-0.1, -0.05) is 32.4 Å². The van der Waals surface area contributed by atoms with E-state index in [4.69, 9.17) is 9.47 Å². The third-order valence-electron chi connectivity index (χ3n) is 11.5. The van der Waals surface area contributed by atoms with Gasteiger partial charge in [0, 0.05) is 24.9 Å². The highest BCUT2D eigenvalue weighted by molar-refractivity contribution is 5.26. The van der Waals surface area contributed by atoms with Gasteiger partial charge in [-0.05, 0) is 85.9 Å². The first-order chi connectivity index (χ1) is 14.8. The third-order valence-corrected chi connectivity index (χ3v) is 11.5. The number of aliphatic hydroxyl groups excluding tert-OH is 2. The fraction of sp³-hybridized carbons (Fsp3) is 0.926. The van der Waals surface area contributed by atoms with Crippen LogP contribution in [0.2, 0.25) is 0 Å². The van der Waals surface area contributed by atoms with Crippen LogP contribution in [-0.4, -0.2) is 41.4 Å². The molecule has 3 saturated carbocycles. The molecule has 0 aromatic rings. The predicted octanol–water partition coefficient (Wildman–Crippen LogP) is 4.69. The van der Waals surface area contributed by atoms with Gasteiger partial charge in [0.25, 0.3) is 0 Å². The van der Waals surface area contributed by atoms with Crippen LogP contribution in [0.1, 0.15) is 78.6 Å². The molecular weight excluding hydrogens is 388 g/mol. The molecule has 0 aromatic heterocycles. The van der Waals surface area contributed by atoms with Gasteiger partial charge in [0.2, 0.25) is 0 Å². The molecule has 0 radical (unpaired) electrons. The van der Waals surface area contributed by atoms with Crippen molar-refractivity contribution in [2.45, 2.75) is 96.6 Å². The van der Waals surface area contributed by atoms with Gasteiger partial charge < -0.3 is 19.7 Å². The largest absolute Gasteiger partial charge is 0.396 e. The molecule has 6 aliphatic rings. The fourth-order valence-corrected chi connectivity index (χ4v) is 9.74. The highest BCUT2D eigenvalue weighted by atomic mass is 16.7. The van der Waals surface area contributed by atoms with E-state index in [1.165, 1.54) is 25.7 Å². The summed E-state index contributed by atoms with van der Waals surface area (Å²) in [5, 5.41) is 19.8. The second-order valence-corrected chi connectivity index (χ2v) is 12.6. The Bertz CT molecular complexity index is 754. The first kappa shape index (κ1) is 21.1. The van der Waals surface area contributed by atoms with E-state index in [1.54, 1.807) is 5.57 Å². The van der Waals surface area contributed by atoms with Crippen molar-refractivity contribution in [2.24, 2.45) is 46.3 Å². The molecule has 4 nitrogen and oxygen atoms in total. The lowest BCUT2D eigenvalue weighted by Gasteiger charge is -2.58. The van der Waals surface area contributed by atoms with E-state index in [-0.39, 0.29) is 18.6 Å². The van der Waals surface area contributed by atoms with Gasteiger partial charge in [-0.2, -0.15) is 0 Å². The van der Waals surface area contributed by atoms with Gasteiger partial charge >= 0.3 is 0 Å². The Morgan fingerprint density at radius 1 is 1.10 bits per heavy atom. The molecule has 5 fully saturated rings. The van der Waals surface area contributed by atoms with Crippen molar-refractivity contribution in [1.29, 1.82) is 0 Å². The SMILES string of the molecule is C[C@H]1[C@H]2[C@H](C[C@H]3[C@@H]4CC=C5C[C@@H](O)CC[C@]5(C)[C@H]4CC[C@]23C)O[C@]12CC[C@H](CO)CO2. The first-order valence-corrected chi connectivity index (χ1v) is 13.1. The quantitative estimate of drug-likeness (QED) is 0.593. The molecule has 0 amide bonds. The minimum Gasteiger partial charge on any atom is -0.396 e. The zero-order valence-electron chi connectivity index (χ0n) is 19.7. The highest BCUT2D eigenvalue weighted by Gasteiger charge is 2.68. The smallest absolute Gasteiger partial charge is 0.171 e. The Morgan fingerprint density at radius 2 is 1.94 bits per heavy atom. The molecule has 2 heterocycles. The van der Waals surface area contributed by atoms with Crippen molar-refractivity contribution in [3.63, 3.8) is 0 Å². The average Bonchev–Trinajstić information content (AvgIpc) is 3.20. The van der Waals surface area contributed by atoms with Gasteiger partial charge in [0.15, 0.2) is 5.79 Å². The topological polar surface area (TPSA) is 58.9 Å². The van der Waals surface area contributed by atoms with Gasteiger partial charge in [-0.3, -0.25) is 0 Å². The summed E-state index contributed by atoms with van der Waals surface area (Å²) in [6.07, 6.45) is 12.8. The number of ether oxygens (including phenoxy) is 2. The molecule has 2 aliphatic heterocycles. The molecule has 2 N–H and O–H groups in total. The van der Waals surface area contributed by atoms with Gasteiger partial charge in [0.05, 0.1) is 18.8 Å². The lowest BCUT2D eigenvalue weighted by Crippen LogP contribution is -2.52. The van der Waals surface area contributed by atoms with Gasteiger partial charge in [-0.25, -0.2) is 0 Å². The van der Waals surface area contributed by atoms with Crippen LogP contribution in [-0.2, 0) is 9.47 Å². The molecule has 11 atom stereocenters. The number of rotatable bonds is 1. The van der Waals surface area contributed by atoms with Crippen LogP contribution in [0.3, 0.4) is 0 Å². The third kappa shape index (κ3) is 2.80. The van der Waals surface area contributed by atoms with E-state index < -0.39 is 5.79 Å². The van der Waals surface area contributed by atoms with Crippen molar-refractivity contribution < 1.29 is 19.7 Å². The van der Waals surface area contributed by atoms with Crippen molar-refractivity contribution in [3.05, 3.63) is 11.6 Å². The van der Waals surface area contributed by atoms with Crippen LogP contribution in [0.15, 0.2) is 11.6 Å². The number of hydrogen-bond acceptors (Lipinski definition) is 4. The van der Waals surface area contributed by atoms with Crippen LogP contribution in [0.5, 0.6) is 0 Å². The lowest BCUT2D eigenvalue weighted by molar-refractivity contribution is -0.275. The van der Waals surface area contributed by atoms with Crippen molar-refractivity contribution in [2.75, 3.05) is 13.2 Å². The molecule has 6 rings (SSSR count). The molecule has 0 aromatic carbocycles. The minimum atomic E-state index is -0.406. The molecule has 31 heavy (non-hydrogen) atoms. The number of fused-ring (bicyclic) bond motifs is 7. The second-order valence-electron chi connectivity index (χ2n) is 12.6. The minimum absolute atomic E-state index is 0.123. The van der Waals surface area contributed by atoms with Crippen LogP contribution >= 0.6 is 0 Å². The Kier molecular flexibility index (Phi) is 4.80. The Labute approximate surface area is 187 Å². The molecule has 174 valence electrons. The van der Waals surface area contributed by atoms with E-state index in [0.29, 0.717) is 35.4 Å². The average molecular weight is 431 g/mol. The van der Waals surface area contributed by atoms with E-state index in [0.717, 1.165) is 49.9 Å². The van der Waals surface area contributed by atoms with Crippen molar-refractivity contribution >= 4 is 0 Å². The summed E-state index contributed by atoms with van der Waals surface area (Å²) in [6, 6.07) is 0. The molecule has 4 aliphatic carbocycles. The van der Waals surface area contributed by atoms with E-state index in [1.807, 2.05) is 0 Å². The number of hydrogen-bond donors (Lipinski definition) is 2. The molecule has 1 spiro atoms. The summed E-state index contributed by atoms with van der Waals surface area (Å²) < 4.78 is 13.2.